The number of hydrogen-bond donors (Lipinski definition) is 0. The van der Waals surface area contributed by atoms with Gasteiger partial charge in [-0.15, -0.1) is 0 Å². The second kappa shape index (κ2) is 5.80. The fraction of sp³-hybridized carbons (Fsp3) is 0.444. The number of aromatic nitrogens is 1. The Morgan fingerprint density at radius 3 is 2.96 bits per heavy atom. The van der Waals surface area contributed by atoms with E-state index in [0.717, 1.165) is 43.4 Å². The van der Waals surface area contributed by atoms with Crippen molar-refractivity contribution in [2.24, 2.45) is 0 Å². The molecule has 1 unspecified atom stereocenters. The van der Waals surface area contributed by atoms with Gasteiger partial charge in [0.1, 0.15) is 11.6 Å². The average molecular weight is 314 g/mol. The molecule has 1 aliphatic carbocycles. The highest BCUT2D eigenvalue weighted by atomic mass is 19.1. The Morgan fingerprint density at radius 1 is 1.26 bits per heavy atom. The molecule has 0 bridgehead atoms. The van der Waals surface area contributed by atoms with Crippen molar-refractivity contribution in [3.8, 4) is 0 Å². The molecular formula is C18H19FN2O2. The van der Waals surface area contributed by atoms with Crippen LogP contribution in [0.5, 0.6) is 0 Å². The summed E-state index contributed by atoms with van der Waals surface area (Å²) in [5.74, 6) is 0.661. The van der Waals surface area contributed by atoms with Crippen molar-refractivity contribution in [1.82, 2.24) is 10.1 Å². The normalized spacial score (nSPS) is 20.6. The molecule has 2 aromatic rings. The molecule has 1 aromatic carbocycles. The van der Waals surface area contributed by atoms with Crippen LogP contribution in [0.4, 0.5) is 4.39 Å². The summed E-state index contributed by atoms with van der Waals surface area (Å²) in [5, 5.41) is 4.02. The van der Waals surface area contributed by atoms with E-state index in [1.807, 2.05) is 12.1 Å². The van der Waals surface area contributed by atoms with E-state index < -0.39 is 0 Å². The first-order chi connectivity index (χ1) is 11.2. The van der Waals surface area contributed by atoms with Crippen LogP contribution in [0.15, 0.2) is 28.8 Å². The van der Waals surface area contributed by atoms with E-state index in [1.54, 1.807) is 11.0 Å². The molecule has 1 aromatic heterocycles. The number of aryl methyl sites for hydroxylation is 1. The summed E-state index contributed by atoms with van der Waals surface area (Å²) >= 11 is 0. The van der Waals surface area contributed by atoms with Crippen LogP contribution in [0.25, 0.3) is 0 Å². The minimum atomic E-state index is -0.189. The molecule has 0 N–H and O–H groups in total. The Kier molecular flexibility index (Phi) is 3.63. The standard InChI is InChI=1S/C18H19FN2O2/c19-15-7-3-1-5-13(15)12-9-10-21(11-12)18(22)17-14-6-2-4-8-16(14)23-20-17/h1,3,5,7,12H,2,4,6,8-11H2. The zero-order chi connectivity index (χ0) is 15.8. The van der Waals surface area contributed by atoms with Crippen molar-refractivity contribution in [2.75, 3.05) is 13.1 Å². The van der Waals surface area contributed by atoms with Gasteiger partial charge in [0.25, 0.3) is 5.91 Å². The quantitative estimate of drug-likeness (QED) is 0.854. The molecular weight excluding hydrogens is 295 g/mol. The summed E-state index contributed by atoms with van der Waals surface area (Å²) in [6.45, 7) is 1.18. The van der Waals surface area contributed by atoms with Crippen LogP contribution in [0.1, 0.15) is 52.6 Å². The Labute approximate surface area is 134 Å². The first-order valence-corrected chi connectivity index (χ1v) is 8.25. The van der Waals surface area contributed by atoms with Crippen LogP contribution in [0.2, 0.25) is 0 Å². The molecule has 1 amide bonds. The number of nitrogens with zero attached hydrogens (tertiary/aromatic N) is 2. The van der Waals surface area contributed by atoms with Crippen LogP contribution in [0, 0.1) is 5.82 Å². The van der Waals surface area contributed by atoms with Gasteiger partial charge in [-0.3, -0.25) is 4.79 Å². The van der Waals surface area contributed by atoms with Crippen molar-refractivity contribution in [3.63, 3.8) is 0 Å². The molecule has 120 valence electrons. The van der Waals surface area contributed by atoms with Gasteiger partial charge in [0.15, 0.2) is 5.69 Å². The van der Waals surface area contributed by atoms with E-state index in [9.17, 15) is 9.18 Å². The third-order valence-corrected chi connectivity index (χ3v) is 4.97. The second-order valence-corrected chi connectivity index (χ2v) is 6.40. The third-order valence-electron chi connectivity index (χ3n) is 4.97. The molecule has 1 aliphatic heterocycles. The van der Waals surface area contributed by atoms with Gasteiger partial charge in [-0.25, -0.2) is 4.39 Å². The molecule has 2 heterocycles. The van der Waals surface area contributed by atoms with Gasteiger partial charge in [-0.05, 0) is 37.3 Å². The number of likely N-dealkylation sites (tertiary alicyclic amines) is 1. The summed E-state index contributed by atoms with van der Waals surface area (Å²) in [4.78, 5) is 14.5. The minimum Gasteiger partial charge on any atom is -0.360 e. The summed E-state index contributed by atoms with van der Waals surface area (Å²) in [6, 6.07) is 6.83. The average Bonchev–Trinajstić information content (AvgIpc) is 3.22. The SMILES string of the molecule is O=C(c1noc2c1CCCC2)N1CCC(c2ccccc2F)C1. The van der Waals surface area contributed by atoms with Gasteiger partial charge in [0.2, 0.25) is 0 Å². The van der Waals surface area contributed by atoms with E-state index in [0.29, 0.717) is 24.3 Å². The Hall–Kier alpha value is -2.17. The topological polar surface area (TPSA) is 46.3 Å². The Balaban J connectivity index is 1.53. The third kappa shape index (κ3) is 2.54. The molecule has 0 spiro atoms. The molecule has 23 heavy (non-hydrogen) atoms. The molecule has 2 aliphatic rings. The number of fused-ring (bicyclic) bond motifs is 1. The largest absolute Gasteiger partial charge is 0.360 e. The minimum absolute atomic E-state index is 0.0582. The van der Waals surface area contributed by atoms with Gasteiger partial charge in [0.05, 0.1) is 0 Å². The fourth-order valence-electron chi connectivity index (χ4n) is 3.71. The number of amides is 1. The zero-order valence-corrected chi connectivity index (χ0v) is 12.9. The molecule has 5 heteroatoms. The van der Waals surface area contributed by atoms with E-state index in [-0.39, 0.29) is 17.6 Å². The number of carbonyl (C=O) groups excluding carboxylic acids is 1. The lowest BCUT2D eigenvalue weighted by atomic mass is 9.96. The number of benzene rings is 1. The summed E-state index contributed by atoms with van der Waals surface area (Å²) in [6.07, 6.45) is 4.69. The first kappa shape index (κ1) is 14.4. The molecule has 1 saturated heterocycles. The van der Waals surface area contributed by atoms with E-state index >= 15 is 0 Å². The Morgan fingerprint density at radius 2 is 2.09 bits per heavy atom. The molecule has 0 radical (unpaired) electrons. The molecule has 0 saturated carbocycles. The maximum absolute atomic E-state index is 13.9. The van der Waals surface area contributed by atoms with Gasteiger partial charge >= 0.3 is 0 Å². The van der Waals surface area contributed by atoms with Crippen LogP contribution in [0.3, 0.4) is 0 Å². The van der Waals surface area contributed by atoms with Crippen LogP contribution >= 0.6 is 0 Å². The van der Waals surface area contributed by atoms with Gasteiger partial charge in [-0.2, -0.15) is 0 Å². The summed E-state index contributed by atoms with van der Waals surface area (Å²) in [5.41, 5.74) is 2.15. The number of hydrogen-bond acceptors (Lipinski definition) is 3. The van der Waals surface area contributed by atoms with Crippen molar-refractivity contribution in [3.05, 3.63) is 52.7 Å². The second-order valence-electron chi connectivity index (χ2n) is 6.40. The van der Waals surface area contributed by atoms with E-state index in [1.165, 1.54) is 6.07 Å². The van der Waals surface area contributed by atoms with Crippen molar-refractivity contribution >= 4 is 5.91 Å². The Bertz CT molecular complexity index is 740. The lowest BCUT2D eigenvalue weighted by Gasteiger charge is -2.17. The number of carbonyl (C=O) groups is 1. The first-order valence-electron chi connectivity index (χ1n) is 8.25. The highest BCUT2D eigenvalue weighted by Gasteiger charge is 2.33. The molecule has 1 atom stereocenters. The summed E-state index contributed by atoms with van der Waals surface area (Å²) < 4.78 is 19.3. The maximum Gasteiger partial charge on any atom is 0.276 e. The van der Waals surface area contributed by atoms with E-state index in [4.69, 9.17) is 4.52 Å². The van der Waals surface area contributed by atoms with Crippen LogP contribution in [-0.2, 0) is 12.8 Å². The number of halogens is 1. The molecule has 4 nitrogen and oxygen atoms in total. The number of rotatable bonds is 2. The van der Waals surface area contributed by atoms with Gasteiger partial charge < -0.3 is 9.42 Å². The van der Waals surface area contributed by atoms with E-state index in [2.05, 4.69) is 5.16 Å². The fourth-order valence-corrected chi connectivity index (χ4v) is 3.71. The highest BCUT2D eigenvalue weighted by Crippen LogP contribution is 2.31. The lowest BCUT2D eigenvalue weighted by Crippen LogP contribution is -2.29. The maximum atomic E-state index is 13.9. The lowest BCUT2D eigenvalue weighted by molar-refractivity contribution is 0.0779. The predicted molar refractivity (Wildman–Crippen MR) is 82.8 cm³/mol. The summed E-state index contributed by atoms with van der Waals surface area (Å²) in [7, 11) is 0. The van der Waals surface area contributed by atoms with Gasteiger partial charge in [-0.1, -0.05) is 23.4 Å². The van der Waals surface area contributed by atoms with Crippen LogP contribution < -0.4 is 0 Å². The highest BCUT2D eigenvalue weighted by molar-refractivity contribution is 5.94. The monoisotopic (exact) mass is 314 g/mol. The van der Waals surface area contributed by atoms with Gasteiger partial charge in [0, 0.05) is 31.0 Å². The molecule has 4 rings (SSSR count). The zero-order valence-electron chi connectivity index (χ0n) is 12.9. The van der Waals surface area contributed by atoms with Crippen molar-refractivity contribution < 1.29 is 13.7 Å². The van der Waals surface area contributed by atoms with Crippen LogP contribution in [-0.4, -0.2) is 29.1 Å². The van der Waals surface area contributed by atoms with Crippen molar-refractivity contribution in [1.29, 1.82) is 0 Å². The molecule has 1 fully saturated rings. The smallest absolute Gasteiger partial charge is 0.276 e. The predicted octanol–water partition coefficient (Wildman–Crippen LogP) is 3.32. The van der Waals surface area contributed by atoms with Crippen molar-refractivity contribution in [2.45, 2.75) is 38.0 Å².